The van der Waals surface area contributed by atoms with Gasteiger partial charge >= 0.3 is 0 Å². The molecule has 0 aliphatic rings. The van der Waals surface area contributed by atoms with Crippen LogP contribution in [0.5, 0.6) is 0 Å². The molecule has 2 N–H and O–H groups in total. The maximum Gasteiger partial charge on any atom is 0.261 e. The summed E-state index contributed by atoms with van der Waals surface area (Å²) in [6.07, 6.45) is 0. The lowest BCUT2D eigenvalue weighted by Crippen LogP contribution is -2.03. The van der Waals surface area contributed by atoms with E-state index in [4.69, 9.17) is 16.4 Å². The van der Waals surface area contributed by atoms with Crippen molar-refractivity contribution in [2.24, 2.45) is 5.73 Å². The molecule has 0 heterocycles. The number of nitrogens with two attached hydrogens (primary N) is 1. The van der Waals surface area contributed by atoms with Crippen molar-refractivity contribution in [3.8, 4) is 0 Å². The van der Waals surface area contributed by atoms with Gasteiger partial charge in [0.15, 0.2) is 0 Å². The Morgan fingerprint density at radius 1 is 1.33 bits per heavy atom. The molecular weight excluding hydrogens is 198 g/mol. The minimum Gasteiger partial charge on any atom is -0.326 e. The number of hydrogen-bond donors (Lipinski definition) is 1. The second kappa shape index (κ2) is 3.43. The smallest absolute Gasteiger partial charge is 0.261 e. The number of hydrogen-bond acceptors (Lipinski definition) is 3. The first kappa shape index (κ1) is 9.51. The number of halogens is 1. The predicted octanol–water partition coefficient (Wildman–Crippen LogP) is 1.07. The summed E-state index contributed by atoms with van der Waals surface area (Å²) < 4.78 is 21.8. The number of rotatable bonds is 2. The van der Waals surface area contributed by atoms with Crippen molar-refractivity contribution in [2.75, 3.05) is 0 Å². The van der Waals surface area contributed by atoms with Crippen LogP contribution in [0.15, 0.2) is 29.2 Å². The Balaban J connectivity index is 3.33. The quantitative estimate of drug-likeness (QED) is 0.735. The van der Waals surface area contributed by atoms with Crippen molar-refractivity contribution in [3.63, 3.8) is 0 Å². The van der Waals surface area contributed by atoms with Crippen LogP contribution < -0.4 is 5.73 Å². The molecule has 0 aromatic heterocycles. The van der Waals surface area contributed by atoms with E-state index < -0.39 is 9.05 Å². The van der Waals surface area contributed by atoms with E-state index in [-0.39, 0.29) is 11.4 Å². The van der Waals surface area contributed by atoms with Crippen LogP contribution in [0.1, 0.15) is 5.56 Å². The predicted molar refractivity (Wildman–Crippen MR) is 47.4 cm³/mol. The molecule has 0 fully saturated rings. The zero-order chi connectivity index (χ0) is 9.19. The third kappa shape index (κ3) is 1.97. The summed E-state index contributed by atoms with van der Waals surface area (Å²) in [5.41, 5.74) is 5.86. The highest BCUT2D eigenvalue weighted by atomic mass is 35.7. The lowest BCUT2D eigenvalue weighted by molar-refractivity contribution is 0.608. The first-order valence-electron chi connectivity index (χ1n) is 3.28. The Morgan fingerprint density at radius 3 is 2.33 bits per heavy atom. The van der Waals surface area contributed by atoms with Gasteiger partial charge in [-0.3, -0.25) is 0 Å². The molecule has 0 unspecified atom stereocenters. The van der Waals surface area contributed by atoms with E-state index in [1.54, 1.807) is 18.2 Å². The molecule has 0 spiro atoms. The van der Waals surface area contributed by atoms with Crippen molar-refractivity contribution >= 4 is 19.7 Å². The molecule has 12 heavy (non-hydrogen) atoms. The molecule has 1 aromatic rings. The normalized spacial score (nSPS) is 11.5. The minimum absolute atomic E-state index is 0.0918. The van der Waals surface area contributed by atoms with Crippen molar-refractivity contribution in [2.45, 2.75) is 11.4 Å². The van der Waals surface area contributed by atoms with Crippen molar-refractivity contribution in [3.05, 3.63) is 29.8 Å². The van der Waals surface area contributed by atoms with Crippen molar-refractivity contribution < 1.29 is 8.42 Å². The molecule has 0 aliphatic heterocycles. The van der Waals surface area contributed by atoms with E-state index in [0.717, 1.165) is 0 Å². The topological polar surface area (TPSA) is 60.2 Å². The molecule has 0 amide bonds. The van der Waals surface area contributed by atoms with Crippen molar-refractivity contribution in [1.29, 1.82) is 0 Å². The molecule has 1 rings (SSSR count). The summed E-state index contributed by atoms with van der Waals surface area (Å²) in [6.45, 7) is 0.169. The summed E-state index contributed by atoms with van der Waals surface area (Å²) in [5.74, 6) is 0. The van der Waals surface area contributed by atoms with Crippen LogP contribution in [0.25, 0.3) is 0 Å². The van der Waals surface area contributed by atoms with Crippen molar-refractivity contribution in [1.82, 2.24) is 0 Å². The van der Waals surface area contributed by atoms with Gasteiger partial charge in [0, 0.05) is 17.2 Å². The van der Waals surface area contributed by atoms with Gasteiger partial charge in [0.2, 0.25) is 0 Å². The molecule has 0 bridgehead atoms. The fourth-order valence-electron chi connectivity index (χ4n) is 0.910. The van der Waals surface area contributed by atoms with Gasteiger partial charge in [-0.25, -0.2) is 8.42 Å². The zero-order valence-electron chi connectivity index (χ0n) is 6.20. The second-order valence-corrected chi connectivity index (χ2v) is 4.78. The Morgan fingerprint density at radius 2 is 1.92 bits per heavy atom. The number of benzene rings is 1. The second-order valence-electron chi connectivity index (χ2n) is 2.25. The fraction of sp³-hybridized carbons (Fsp3) is 0.143. The molecule has 0 saturated heterocycles. The molecule has 0 atom stereocenters. The molecule has 1 aromatic carbocycles. The average Bonchev–Trinajstić information content (AvgIpc) is 2.03. The summed E-state index contributed by atoms with van der Waals surface area (Å²) in [4.78, 5) is 0.0918. The van der Waals surface area contributed by atoms with E-state index in [2.05, 4.69) is 0 Å². The Bertz CT molecular complexity index is 375. The molecule has 0 aliphatic carbocycles. The van der Waals surface area contributed by atoms with Gasteiger partial charge in [0.25, 0.3) is 9.05 Å². The maximum atomic E-state index is 10.9. The third-order valence-electron chi connectivity index (χ3n) is 1.46. The van der Waals surface area contributed by atoms with Gasteiger partial charge in [-0.05, 0) is 11.6 Å². The summed E-state index contributed by atoms with van der Waals surface area (Å²) in [7, 11) is 1.51. The van der Waals surface area contributed by atoms with Gasteiger partial charge in [-0.15, -0.1) is 0 Å². The van der Waals surface area contributed by atoms with Gasteiger partial charge in [0.05, 0.1) is 4.90 Å². The Hall–Kier alpha value is -0.580. The lowest BCUT2D eigenvalue weighted by atomic mass is 10.2. The van der Waals surface area contributed by atoms with E-state index in [1.165, 1.54) is 6.07 Å². The molecule has 0 radical (unpaired) electrons. The monoisotopic (exact) mass is 205 g/mol. The summed E-state index contributed by atoms with van der Waals surface area (Å²) in [6, 6.07) is 6.39. The van der Waals surface area contributed by atoms with Gasteiger partial charge < -0.3 is 5.73 Å². The van der Waals surface area contributed by atoms with E-state index in [1.807, 2.05) is 0 Å². The van der Waals surface area contributed by atoms with Gasteiger partial charge in [0.1, 0.15) is 0 Å². The fourth-order valence-corrected chi connectivity index (χ4v) is 2.07. The largest absolute Gasteiger partial charge is 0.326 e. The lowest BCUT2D eigenvalue weighted by Gasteiger charge is -2.01. The van der Waals surface area contributed by atoms with E-state index >= 15 is 0 Å². The minimum atomic E-state index is -3.65. The maximum absolute atomic E-state index is 10.9. The molecule has 5 heteroatoms. The first-order valence-corrected chi connectivity index (χ1v) is 5.59. The molecule has 3 nitrogen and oxygen atoms in total. The Kier molecular flexibility index (Phi) is 2.72. The highest BCUT2D eigenvalue weighted by Gasteiger charge is 2.12. The molecular formula is C7H8ClNO2S. The summed E-state index contributed by atoms with van der Waals surface area (Å²) in [5, 5.41) is 0. The van der Waals surface area contributed by atoms with Crippen LogP contribution in [0.3, 0.4) is 0 Å². The van der Waals surface area contributed by atoms with Crippen LogP contribution in [-0.4, -0.2) is 8.42 Å². The zero-order valence-corrected chi connectivity index (χ0v) is 7.77. The Labute approximate surface area is 75.6 Å². The molecule has 66 valence electrons. The van der Waals surface area contributed by atoms with Crippen LogP contribution in [0.2, 0.25) is 0 Å². The third-order valence-corrected chi connectivity index (χ3v) is 2.88. The first-order chi connectivity index (χ1) is 5.55. The highest BCUT2D eigenvalue weighted by Crippen LogP contribution is 2.18. The highest BCUT2D eigenvalue weighted by molar-refractivity contribution is 8.13. The van der Waals surface area contributed by atoms with Gasteiger partial charge in [-0.1, -0.05) is 18.2 Å². The SMILES string of the molecule is NCc1ccccc1S(=O)(=O)Cl. The van der Waals surface area contributed by atoms with E-state index in [9.17, 15) is 8.42 Å². The van der Waals surface area contributed by atoms with Crippen LogP contribution in [-0.2, 0) is 15.6 Å². The van der Waals surface area contributed by atoms with Crippen LogP contribution in [0.4, 0.5) is 0 Å². The average molecular weight is 206 g/mol. The van der Waals surface area contributed by atoms with E-state index in [0.29, 0.717) is 5.56 Å². The van der Waals surface area contributed by atoms with Crippen LogP contribution >= 0.6 is 10.7 Å². The standard InChI is InChI=1S/C7H8ClNO2S/c8-12(10,11)7-4-2-1-3-6(7)5-9/h1-4H,5,9H2. The summed E-state index contributed by atoms with van der Waals surface area (Å²) >= 11 is 0. The van der Waals surface area contributed by atoms with Gasteiger partial charge in [-0.2, -0.15) is 0 Å². The molecule has 0 saturated carbocycles. The van der Waals surface area contributed by atoms with Crippen LogP contribution in [0, 0.1) is 0 Å².